The summed E-state index contributed by atoms with van der Waals surface area (Å²) in [6, 6.07) is 20.6. The summed E-state index contributed by atoms with van der Waals surface area (Å²) in [7, 11) is 0. The van der Waals surface area contributed by atoms with Gasteiger partial charge in [0.15, 0.2) is 11.5 Å². The van der Waals surface area contributed by atoms with Crippen molar-refractivity contribution in [2.45, 2.75) is 13.5 Å². The van der Waals surface area contributed by atoms with Gasteiger partial charge in [0.1, 0.15) is 29.4 Å². The van der Waals surface area contributed by atoms with Gasteiger partial charge in [-0.2, -0.15) is 5.10 Å². The Balaban J connectivity index is 1.25. The average Bonchev–Trinajstić information content (AvgIpc) is 3.60. The van der Waals surface area contributed by atoms with Crippen molar-refractivity contribution in [1.82, 2.24) is 35.1 Å². The maximum absolute atomic E-state index is 14.2. The highest BCUT2D eigenvalue weighted by molar-refractivity contribution is 5.96. The summed E-state index contributed by atoms with van der Waals surface area (Å²) < 4.78 is 20.1. The number of aromatic amines is 2. The Kier molecular flexibility index (Phi) is 5.74. The predicted octanol–water partition coefficient (Wildman–Crippen LogP) is 6.65. The van der Waals surface area contributed by atoms with Gasteiger partial charge >= 0.3 is 0 Å². The Morgan fingerprint density at radius 3 is 2.60 bits per heavy atom. The van der Waals surface area contributed by atoms with Crippen LogP contribution in [-0.4, -0.2) is 35.1 Å². The average molecular weight is 528 g/mol. The lowest BCUT2D eigenvalue weighted by atomic mass is 10.1. The first-order valence-electron chi connectivity index (χ1n) is 12.7. The second-order valence-corrected chi connectivity index (χ2v) is 9.53. The van der Waals surface area contributed by atoms with Crippen molar-refractivity contribution in [2.75, 3.05) is 0 Å². The molecule has 194 valence electrons. The summed E-state index contributed by atoms with van der Waals surface area (Å²) in [5.74, 6) is 0.907. The van der Waals surface area contributed by atoms with Gasteiger partial charge in [0.05, 0.1) is 22.8 Å². The second kappa shape index (κ2) is 9.70. The zero-order valence-electron chi connectivity index (χ0n) is 21.4. The smallest absolute Gasteiger partial charge is 0.159 e. The topological polar surface area (TPSA) is 105 Å². The molecule has 0 aliphatic heterocycles. The molecule has 5 heterocycles. The first kappa shape index (κ1) is 23.7. The Labute approximate surface area is 228 Å². The van der Waals surface area contributed by atoms with Gasteiger partial charge in [0.2, 0.25) is 0 Å². The molecule has 0 unspecified atom stereocenters. The minimum Gasteiger partial charge on any atom is -0.487 e. The quantitative estimate of drug-likeness (QED) is 0.251. The molecular weight excluding hydrogens is 505 g/mol. The fourth-order valence-electron chi connectivity index (χ4n) is 4.77. The molecule has 0 fully saturated rings. The second-order valence-electron chi connectivity index (χ2n) is 9.53. The van der Waals surface area contributed by atoms with E-state index in [1.807, 2.05) is 61.5 Å². The van der Waals surface area contributed by atoms with Crippen LogP contribution in [0, 0.1) is 12.7 Å². The van der Waals surface area contributed by atoms with E-state index in [2.05, 4.69) is 30.1 Å². The van der Waals surface area contributed by atoms with Gasteiger partial charge in [0.25, 0.3) is 0 Å². The van der Waals surface area contributed by atoms with Crippen LogP contribution in [0.25, 0.3) is 56.0 Å². The van der Waals surface area contributed by atoms with Crippen molar-refractivity contribution in [2.24, 2.45) is 0 Å². The van der Waals surface area contributed by atoms with Gasteiger partial charge < -0.3 is 9.72 Å². The summed E-state index contributed by atoms with van der Waals surface area (Å²) in [6.45, 7) is 2.30. The molecule has 0 spiro atoms. The van der Waals surface area contributed by atoms with Crippen molar-refractivity contribution >= 4 is 22.1 Å². The summed E-state index contributed by atoms with van der Waals surface area (Å²) in [5.41, 5.74) is 7.53. The third-order valence-electron chi connectivity index (χ3n) is 6.65. The third kappa shape index (κ3) is 4.43. The number of hydrogen-bond donors (Lipinski definition) is 2. The Morgan fingerprint density at radius 2 is 1.73 bits per heavy atom. The normalized spacial score (nSPS) is 11.3. The van der Waals surface area contributed by atoms with E-state index >= 15 is 0 Å². The monoisotopic (exact) mass is 527 g/mol. The summed E-state index contributed by atoms with van der Waals surface area (Å²) in [4.78, 5) is 21.6. The molecule has 0 bridgehead atoms. The number of aromatic nitrogens is 7. The zero-order valence-corrected chi connectivity index (χ0v) is 21.4. The standard InChI is InChI=1S/C31H22FN7O/c1-18-9-20(11-23(32)10-18)27-29-26(7-8-34-27)36-31(37-29)28-25-13-22(15-35-30(25)39-38-28)21-12-24(16-33-14-21)40-17-19-5-3-2-4-6-19/h2-16H,17H2,1H3,(H,36,37)(H,35,38,39). The van der Waals surface area contributed by atoms with Crippen molar-refractivity contribution < 1.29 is 9.13 Å². The summed E-state index contributed by atoms with van der Waals surface area (Å²) >= 11 is 0. The van der Waals surface area contributed by atoms with Crippen LogP contribution in [0.4, 0.5) is 4.39 Å². The SMILES string of the molecule is Cc1cc(F)cc(-c2nccc3[nH]c(-c4n[nH]c5ncc(-c6cncc(OCc7ccccc7)c6)cc45)nc23)c1. The molecule has 0 atom stereocenters. The molecule has 7 rings (SSSR count). The summed E-state index contributed by atoms with van der Waals surface area (Å²) in [5, 5.41) is 8.29. The van der Waals surface area contributed by atoms with Crippen molar-refractivity contribution in [3.8, 4) is 39.7 Å². The van der Waals surface area contributed by atoms with Crippen molar-refractivity contribution in [3.05, 3.63) is 108 Å². The number of imidazole rings is 1. The van der Waals surface area contributed by atoms with Gasteiger partial charge in [-0.25, -0.2) is 14.4 Å². The molecule has 7 aromatic rings. The third-order valence-corrected chi connectivity index (χ3v) is 6.65. The van der Waals surface area contributed by atoms with Crippen LogP contribution < -0.4 is 4.74 Å². The predicted molar refractivity (Wildman–Crippen MR) is 151 cm³/mol. The van der Waals surface area contributed by atoms with Gasteiger partial charge in [-0.05, 0) is 54.4 Å². The lowest BCUT2D eigenvalue weighted by Crippen LogP contribution is -1.96. The maximum atomic E-state index is 14.2. The maximum Gasteiger partial charge on any atom is 0.159 e. The molecule has 0 radical (unpaired) electrons. The number of ether oxygens (including phenoxy) is 1. The number of rotatable bonds is 6. The van der Waals surface area contributed by atoms with E-state index in [9.17, 15) is 4.39 Å². The van der Waals surface area contributed by atoms with Gasteiger partial charge in [-0.3, -0.25) is 15.1 Å². The molecule has 0 saturated carbocycles. The fourth-order valence-corrected chi connectivity index (χ4v) is 4.77. The van der Waals surface area contributed by atoms with Crippen LogP contribution in [0.15, 0.2) is 91.5 Å². The van der Waals surface area contributed by atoms with E-state index in [0.29, 0.717) is 46.3 Å². The van der Waals surface area contributed by atoms with E-state index in [0.717, 1.165) is 33.2 Å². The van der Waals surface area contributed by atoms with Crippen LogP contribution in [-0.2, 0) is 6.61 Å². The molecule has 2 N–H and O–H groups in total. The number of nitrogens with one attached hydrogen (secondary N) is 2. The molecular formula is C31H22FN7O. The lowest BCUT2D eigenvalue weighted by Gasteiger charge is -2.08. The molecule has 2 aromatic carbocycles. The molecule has 0 aliphatic carbocycles. The van der Waals surface area contributed by atoms with Crippen LogP contribution in [0.1, 0.15) is 11.1 Å². The highest BCUT2D eigenvalue weighted by Crippen LogP contribution is 2.32. The number of aryl methyl sites for hydroxylation is 1. The zero-order chi connectivity index (χ0) is 27.1. The number of halogens is 1. The van der Waals surface area contributed by atoms with Gasteiger partial charge in [0, 0.05) is 35.3 Å². The molecule has 40 heavy (non-hydrogen) atoms. The first-order valence-corrected chi connectivity index (χ1v) is 12.7. The molecule has 0 aliphatic rings. The van der Waals surface area contributed by atoms with Crippen LogP contribution in [0.5, 0.6) is 5.75 Å². The molecule has 9 heteroatoms. The minimum absolute atomic E-state index is 0.314. The molecule has 0 amide bonds. The number of nitrogens with zero attached hydrogens (tertiary/aromatic N) is 5. The minimum atomic E-state index is -0.314. The van der Waals surface area contributed by atoms with Gasteiger partial charge in [-0.15, -0.1) is 0 Å². The number of benzene rings is 2. The van der Waals surface area contributed by atoms with E-state index in [-0.39, 0.29) is 5.82 Å². The highest BCUT2D eigenvalue weighted by atomic mass is 19.1. The Hall–Kier alpha value is -5.44. The van der Waals surface area contributed by atoms with Crippen LogP contribution in [0.3, 0.4) is 0 Å². The number of pyridine rings is 3. The Morgan fingerprint density at radius 1 is 0.850 bits per heavy atom. The van der Waals surface area contributed by atoms with Crippen molar-refractivity contribution in [3.63, 3.8) is 0 Å². The van der Waals surface area contributed by atoms with E-state index in [1.165, 1.54) is 12.1 Å². The lowest BCUT2D eigenvalue weighted by molar-refractivity contribution is 0.305. The first-order chi connectivity index (χ1) is 19.6. The largest absolute Gasteiger partial charge is 0.487 e. The van der Waals surface area contributed by atoms with E-state index < -0.39 is 0 Å². The molecule has 0 saturated heterocycles. The number of fused-ring (bicyclic) bond motifs is 2. The van der Waals surface area contributed by atoms with Crippen molar-refractivity contribution in [1.29, 1.82) is 0 Å². The van der Waals surface area contributed by atoms with Gasteiger partial charge in [-0.1, -0.05) is 30.3 Å². The fraction of sp³-hybridized carbons (Fsp3) is 0.0645. The van der Waals surface area contributed by atoms with Crippen LogP contribution in [0.2, 0.25) is 0 Å². The molecule has 8 nitrogen and oxygen atoms in total. The highest BCUT2D eigenvalue weighted by Gasteiger charge is 2.17. The number of H-pyrrole nitrogens is 2. The Bertz CT molecular complexity index is 1980. The summed E-state index contributed by atoms with van der Waals surface area (Å²) in [6.07, 6.45) is 6.93. The van der Waals surface area contributed by atoms with E-state index in [1.54, 1.807) is 24.8 Å². The molecule has 5 aromatic heterocycles. The van der Waals surface area contributed by atoms with E-state index in [4.69, 9.17) is 9.72 Å². The number of hydrogen-bond acceptors (Lipinski definition) is 6. The van der Waals surface area contributed by atoms with Crippen LogP contribution >= 0.6 is 0 Å².